The zero-order valence-electron chi connectivity index (χ0n) is 17.1. The van der Waals surface area contributed by atoms with E-state index in [1.54, 1.807) is 19.2 Å². The second-order valence-corrected chi connectivity index (χ2v) is 7.32. The highest BCUT2D eigenvalue weighted by Gasteiger charge is 2.13. The van der Waals surface area contributed by atoms with E-state index < -0.39 is 17.7 Å². The van der Waals surface area contributed by atoms with E-state index in [-0.39, 0.29) is 23.7 Å². The summed E-state index contributed by atoms with van der Waals surface area (Å²) in [7, 11) is 1.57. The van der Waals surface area contributed by atoms with Gasteiger partial charge in [-0.3, -0.25) is 14.4 Å². The molecule has 8 nitrogen and oxygen atoms in total. The Balaban J connectivity index is 1.82. The van der Waals surface area contributed by atoms with Crippen molar-refractivity contribution in [2.24, 2.45) is 0 Å². The largest absolute Gasteiger partial charge is 0.489 e. The highest BCUT2D eigenvalue weighted by atomic mass is 35.5. The first-order valence-electron chi connectivity index (χ1n) is 9.32. The van der Waals surface area contributed by atoms with Crippen LogP contribution in [0.4, 0.5) is 5.69 Å². The Labute approximate surface area is 190 Å². The van der Waals surface area contributed by atoms with Crippen molar-refractivity contribution < 1.29 is 23.9 Å². The van der Waals surface area contributed by atoms with Gasteiger partial charge in [-0.05, 0) is 42.8 Å². The van der Waals surface area contributed by atoms with Gasteiger partial charge in [0.2, 0.25) is 11.8 Å². The van der Waals surface area contributed by atoms with E-state index in [4.69, 9.17) is 32.7 Å². The molecule has 0 saturated carbocycles. The first-order valence-corrected chi connectivity index (χ1v) is 10.1. The van der Waals surface area contributed by atoms with Gasteiger partial charge in [0.15, 0.2) is 0 Å². The van der Waals surface area contributed by atoms with Gasteiger partial charge in [-0.15, -0.1) is 0 Å². The number of ether oxygens (including phenoxy) is 2. The van der Waals surface area contributed by atoms with E-state index in [1.165, 1.54) is 18.2 Å². The van der Waals surface area contributed by atoms with Crippen LogP contribution in [0.1, 0.15) is 15.9 Å². The molecule has 2 aromatic rings. The quantitative estimate of drug-likeness (QED) is 0.465. The minimum absolute atomic E-state index is 0.173. The monoisotopic (exact) mass is 467 g/mol. The summed E-state index contributed by atoms with van der Waals surface area (Å²) in [6.07, 6.45) is 0. The summed E-state index contributed by atoms with van der Waals surface area (Å²) in [5.41, 5.74) is 1.64. The highest BCUT2D eigenvalue weighted by molar-refractivity contribution is 6.36. The third kappa shape index (κ3) is 8.09. The SMILES string of the molecule is COCCOc1cc(C)ccc1NC(=O)CNC(=O)CNC(=O)c1ccc(Cl)cc1Cl. The summed E-state index contributed by atoms with van der Waals surface area (Å²) < 4.78 is 10.6. The van der Waals surface area contributed by atoms with E-state index in [1.807, 2.05) is 13.0 Å². The first kappa shape index (κ1) is 24.5. The van der Waals surface area contributed by atoms with Gasteiger partial charge in [0.1, 0.15) is 12.4 Å². The number of hydrogen-bond donors (Lipinski definition) is 3. The van der Waals surface area contributed by atoms with Gasteiger partial charge in [0.05, 0.1) is 36.0 Å². The van der Waals surface area contributed by atoms with Crippen LogP contribution < -0.4 is 20.7 Å². The number of nitrogens with one attached hydrogen (secondary N) is 3. The Kier molecular flexibility index (Phi) is 9.58. The average Bonchev–Trinajstić information content (AvgIpc) is 2.72. The predicted octanol–water partition coefficient (Wildman–Crippen LogP) is 2.81. The van der Waals surface area contributed by atoms with E-state index in [0.717, 1.165) is 5.56 Å². The Bertz CT molecular complexity index is 953. The molecule has 0 saturated heterocycles. The van der Waals surface area contributed by atoms with E-state index >= 15 is 0 Å². The van der Waals surface area contributed by atoms with Gasteiger partial charge in [-0.1, -0.05) is 29.3 Å². The minimum atomic E-state index is -0.533. The molecule has 0 heterocycles. The van der Waals surface area contributed by atoms with Crippen molar-refractivity contribution in [3.05, 3.63) is 57.6 Å². The highest BCUT2D eigenvalue weighted by Crippen LogP contribution is 2.25. The van der Waals surface area contributed by atoms with Crippen molar-refractivity contribution in [3.63, 3.8) is 0 Å². The molecule has 3 amide bonds. The zero-order valence-corrected chi connectivity index (χ0v) is 18.6. The second-order valence-electron chi connectivity index (χ2n) is 6.47. The van der Waals surface area contributed by atoms with Crippen molar-refractivity contribution in [1.82, 2.24) is 10.6 Å². The smallest absolute Gasteiger partial charge is 0.253 e. The molecule has 0 bridgehead atoms. The van der Waals surface area contributed by atoms with Crippen LogP contribution in [0.3, 0.4) is 0 Å². The number of rotatable bonds is 10. The van der Waals surface area contributed by atoms with Crippen LogP contribution in [0.5, 0.6) is 5.75 Å². The Morgan fingerprint density at radius 1 is 0.935 bits per heavy atom. The maximum absolute atomic E-state index is 12.2. The summed E-state index contributed by atoms with van der Waals surface area (Å²) in [4.78, 5) is 36.3. The van der Waals surface area contributed by atoms with Gasteiger partial charge < -0.3 is 25.4 Å². The maximum atomic E-state index is 12.2. The van der Waals surface area contributed by atoms with E-state index in [2.05, 4.69) is 16.0 Å². The van der Waals surface area contributed by atoms with Crippen LogP contribution in [-0.4, -0.2) is 51.1 Å². The normalized spacial score (nSPS) is 10.3. The first-order chi connectivity index (χ1) is 14.8. The molecule has 10 heteroatoms. The second kappa shape index (κ2) is 12.1. The third-order valence-corrected chi connectivity index (χ3v) is 4.54. The summed E-state index contributed by atoms with van der Waals surface area (Å²) in [6.45, 7) is 2.05. The average molecular weight is 468 g/mol. The lowest BCUT2D eigenvalue weighted by molar-refractivity contribution is -0.123. The molecule has 2 aromatic carbocycles. The number of amides is 3. The molecule has 166 valence electrons. The molecule has 2 rings (SSSR count). The number of carbonyl (C=O) groups is 3. The Morgan fingerprint density at radius 2 is 1.68 bits per heavy atom. The molecule has 0 aliphatic rings. The van der Waals surface area contributed by atoms with Crippen LogP contribution in [0, 0.1) is 6.92 Å². The summed E-state index contributed by atoms with van der Waals surface area (Å²) in [5.74, 6) is -1.00. The molecular weight excluding hydrogens is 445 g/mol. The van der Waals surface area contributed by atoms with Gasteiger partial charge in [0.25, 0.3) is 5.91 Å². The van der Waals surface area contributed by atoms with Gasteiger partial charge in [0, 0.05) is 12.1 Å². The lowest BCUT2D eigenvalue weighted by atomic mass is 10.2. The molecular formula is C21H23Cl2N3O5. The number of anilines is 1. The topological polar surface area (TPSA) is 106 Å². The molecule has 3 N–H and O–H groups in total. The molecule has 0 aliphatic heterocycles. The predicted molar refractivity (Wildman–Crippen MR) is 119 cm³/mol. The fourth-order valence-corrected chi connectivity index (χ4v) is 2.95. The van der Waals surface area contributed by atoms with Crippen molar-refractivity contribution in [3.8, 4) is 5.75 Å². The Morgan fingerprint density at radius 3 is 2.39 bits per heavy atom. The van der Waals surface area contributed by atoms with Crippen LogP contribution in [0.2, 0.25) is 10.0 Å². The fraction of sp³-hybridized carbons (Fsp3) is 0.286. The molecule has 0 fully saturated rings. The van der Waals surface area contributed by atoms with Crippen LogP contribution in [0.15, 0.2) is 36.4 Å². The maximum Gasteiger partial charge on any atom is 0.253 e. The molecule has 0 radical (unpaired) electrons. The van der Waals surface area contributed by atoms with Crippen LogP contribution >= 0.6 is 23.2 Å². The van der Waals surface area contributed by atoms with Crippen LogP contribution in [0.25, 0.3) is 0 Å². The zero-order chi connectivity index (χ0) is 22.8. The molecule has 0 spiro atoms. The lowest BCUT2D eigenvalue weighted by Crippen LogP contribution is -2.40. The molecule has 0 aliphatic carbocycles. The summed E-state index contributed by atoms with van der Waals surface area (Å²) in [5, 5.41) is 8.12. The lowest BCUT2D eigenvalue weighted by Gasteiger charge is -2.13. The van der Waals surface area contributed by atoms with Crippen molar-refractivity contribution >= 4 is 46.6 Å². The van der Waals surface area contributed by atoms with Gasteiger partial charge in [-0.2, -0.15) is 0 Å². The van der Waals surface area contributed by atoms with E-state index in [9.17, 15) is 14.4 Å². The third-order valence-electron chi connectivity index (χ3n) is 3.99. The number of aryl methyl sites for hydroxylation is 1. The molecule has 0 aromatic heterocycles. The van der Waals surface area contributed by atoms with Crippen molar-refractivity contribution in [2.75, 3.05) is 38.7 Å². The van der Waals surface area contributed by atoms with Crippen LogP contribution in [-0.2, 0) is 14.3 Å². The van der Waals surface area contributed by atoms with Gasteiger partial charge in [-0.25, -0.2) is 0 Å². The fourth-order valence-electron chi connectivity index (χ4n) is 2.45. The number of benzene rings is 2. The number of hydrogen-bond acceptors (Lipinski definition) is 5. The Hall–Kier alpha value is -2.81. The summed E-state index contributed by atoms with van der Waals surface area (Å²) >= 11 is 11.8. The van der Waals surface area contributed by atoms with Crippen molar-refractivity contribution in [2.45, 2.75) is 6.92 Å². The van der Waals surface area contributed by atoms with Crippen molar-refractivity contribution in [1.29, 1.82) is 0 Å². The molecule has 0 atom stereocenters. The number of halogens is 2. The van der Waals surface area contributed by atoms with Gasteiger partial charge >= 0.3 is 0 Å². The number of methoxy groups -OCH3 is 1. The molecule has 31 heavy (non-hydrogen) atoms. The molecule has 0 unspecified atom stereocenters. The number of carbonyl (C=O) groups excluding carboxylic acids is 3. The summed E-state index contributed by atoms with van der Waals surface area (Å²) in [6, 6.07) is 9.74. The minimum Gasteiger partial charge on any atom is -0.489 e. The van der Waals surface area contributed by atoms with E-state index in [0.29, 0.717) is 29.7 Å². The standard InChI is InChI=1S/C21H23Cl2N3O5/c1-13-3-6-17(18(9-13)31-8-7-30-2)26-20(28)12-24-19(27)11-25-21(29)15-5-4-14(22)10-16(15)23/h3-6,9-10H,7-8,11-12H2,1-2H3,(H,24,27)(H,25,29)(H,26,28).